The molecule has 2 N–H and O–H groups in total. The van der Waals surface area contributed by atoms with Gasteiger partial charge in [-0.1, -0.05) is 12.1 Å². The van der Waals surface area contributed by atoms with Crippen molar-refractivity contribution in [3.8, 4) is 11.5 Å². The Labute approximate surface area is 179 Å². The summed E-state index contributed by atoms with van der Waals surface area (Å²) >= 11 is 1.25. The fourth-order valence-corrected chi connectivity index (χ4v) is 4.10. The van der Waals surface area contributed by atoms with Crippen molar-refractivity contribution in [3.05, 3.63) is 57.5 Å². The highest BCUT2D eigenvalue weighted by molar-refractivity contribution is 7.12. The van der Waals surface area contributed by atoms with Crippen molar-refractivity contribution in [1.29, 1.82) is 0 Å². The quantitative estimate of drug-likeness (QED) is 0.462. The van der Waals surface area contributed by atoms with Gasteiger partial charge in [0.05, 0.1) is 29.7 Å². The second kappa shape index (κ2) is 9.32. The summed E-state index contributed by atoms with van der Waals surface area (Å²) in [6.45, 7) is 4.60. The number of carbonyl (C=O) groups is 2. The Morgan fingerprint density at radius 2 is 2.03 bits per heavy atom. The molecule has 0 unspecified atom stereocenters. The first kappa shape index (κ1) is 21.9. The number of ether oxygens (including phenoxy) is 2. The van der Waals surface area contributed by atoms with Gasteiger partial charge in [-0.2, -0.15) is 0 Å². The zero-order valence-corrected chi connectivity index (χ0v) is 17.9. The van der Waals surface area contributed by atoms with Gasteiger partial charge in [0.15, 0.2) is 17.3 Å². The van der Waals surface area contributed by atoms with Gasteiger partial charge >= 0.3 is 0 Å². The number of rotatable bonds is 9. The summed E-state index contributed by atoms with van der Waals surface area (Å²) in [5.41, 5.74) is 0.590. The lowest BCUT2D eigenvalue weighted by atomic mass is 9.95. The normalized spacial score (nSPS) is 16.6. The Morgan fingerprint density at radius 3 is 2.67 bits per heavy atom. The van der Waals surface area contributed by atoms with Gasteiger partial charge in [0.2, 0.25) is 5.78 Å². The molecule has 0 spiro atoms. The van der Waals surface area contributed by atoms with E-state index in [9.17, 15) is 19.8 Å². The third-order valence-electron chi connectivity index (χ3n) is 4.81. The highest BCUT2D eigenvalue weighted by Crippen LogP contribution is 2.41. The molecule has 8 heteroatoms. The van der Waals surface area contributed by atoms with Crippen molar-refractivity contribution in [2.24, 2.45) is 0 Å². The van der Waals surface area contributed by atoms with Crippen LogP contribution in [0.2, 0.25) is 0 Å². The Balaban J connectivity index is 1.99. The van der Waals surface area contributed by atoms with Crippen LogP contribution in [0.1, 0.15) is 41.5 Å². The van der Waals surface area contributed by atoms with Crippen molar-refractivity contribution in [2.45, 2.75) is 32.4 Å². The summed E-state index contributed by atoms with van der Waals surface area (Å²) in [5.74, 6) is -1.38. The van der Waals surface area contributed by atoms with Crippen molar-refractivity contribution < 1.29 is 29.3 Å². The summed E-state index contributed by atoms with van der Waals surface area (Å²) < 4.78 is 10.7. The monoisotopic (exact) mass is 431 g/mol. The molecule has 0 saturated carbocycles. The van der Waals surface area contributed by atoms with Crippen LogP contribution < -0.4 is 4.74 Å². The smallest absolute Gasteiger partial charge is 0.290 e. The van der Waals surface area contributed by atoms with Gasteiger partial charge in [0, 0.05) is 13.2 Å². The maximum absolute atomic E-state index is 13.1. The van der Waals surface area contributed by atoms with E-state index in [0.29, 0.717) is 30.0 Å². The van der Waals surface area contributed by atoms with E-state index in [4.69, 9.17) is 9.47 Å². The van der Waals surface area contributed by atoms with Crippen LogP contribution in [0, 0.1) is 0 Å². The first-order valence-electron chi connectivity index (χ1n) is 9.66. The van der Waals surface area contributed by atoms with Crippen LogP contribution in [0.4, 0.5) is 0 Å². The average Bonchev–Trinajstić information content (AvgIpc) is 3.34. The topological polar surface area (TPSA) is 96.3 Å². The molecule has 7 nitrogen and oxygen atoms in total. The van der Waals surface area contributed by atoms with Gasteiger partial charge in [-0.15, -0.1) is 11.3 Å². The number of benzene rings is 1. The van der Waals surface area contributed by atoms with E-state index in [1.54, 1.807) is 29.6 Å². The molecule has 0 radical (unpaired) electrons. The molecule has 2 heterocycles. The molecule has 0 saturated heterocycles. The minimum Gasteiger partial charge on any atom is -0.504 e. The number of phenolic OH excluding ortho intramolecular Hbond substituents is 1. The zero-order chi connectivity index (χ0) is 21.8. The molecule has 0 fully saturated rings. The van der Waals surface area contributed by atoms with Gasteiger partial charge in [0.25, 0.3) is 5.91 Å². The average molecular weight is 432 g/mol. The third-order valence-corrected chi connectivity index (χ3v) is 5.68. The van der Waals surface area contributed by atoms with E-state index < -0.39 is 23.5 Å². The number of Topliss-reactive ketones (excluding diaryl/α,β-unsaturated/α-hetero) is 1. The number of phenols is 1. The first-order chi connectivity index (χ1) is 14.3. The molecule has 1 amide bonds. The van der Waals surface area contributed by atoms with Gasteiger partial charge in [-0.3, -0.25) is 9.59 Å². The fraction of sp³-hybridized carbons (Fsp3) is 0.364. The molecule has 1 aromatic carbocycles. The Hall–Kier alpha value is -2.84. The maximum atomic E-state index is 13.1. The lowest BCUT2D eigenvalue weighted by Crippen LogP contribution is -2.32. The minimum atomic E-state index is -0.791. The number of carbonyl (C=O) groups excluding carboxylic acids is 2. The molecule has 2 aromatic rings. The largest absolute Gasteiger partial charge is 0.504 e. The van der Waals surface area contributed by atoms with Gasteiger partial charge < -0.3 is 24.6 Å². The Bertz CT molecular complexity index is 951. The van der Waals surface area contributed by atoms with Crippen LogP contribution in [-0.2, 0) is 9.53 Å². The zero-order valence-electron chi connectivity index (χ0n) is 17.1. The second-order valence-corrected chi connectivity index (χ2v) is 8.12. The molecule has 160 valence electrons. The summed E-state index contributed by atoms with van der Waals surface area (Å²) in [6.07, 6.45) is 0.613. The SMILES string of the molecule is COc1cc([C@@H]2C(C(=O)c3cccs3)=C(O)C(=O)N2CCCOC(C)C)ccc1O. The predicted octanol–water partition coefficient (Wildman–Crippen LogP) is 3.86. The summed E-state index contributed by atoms with van der Waals surface area (Å²) in [4.78, 5) is 27.9. The number of ketones is 1. The van der Waals surface area contributed by atoms with E-state index in [2.05, 4.69) is 0 Å². The molecular formula is C22H25NO6S. The number of amides is 1. The number of hydrogen-bond donors (Lipinski definition) is 2. The first-order valence-corrected chi connectivity index (χ1v) is 10.5. The fourth-order valence-electron chi connectivity index (χ4n) is 3.42. The molecule has 1 aliphatic heterocycles. The molecule has 30 heavy (non-hydrogen) atoms. The maximum Gasteiger partial charge on any atom is 0.290 e. The van der Waals surface area contributed by atoms with E-state index in [1.807, 2.05) is 13.8 Å². The Morgan fingerprint density at radius 1 is 1.27 bits per heavy atom. The lowest BCUT2D eigenvalue weighted by Gasteiger charge is -2.27. The standard InChI is InChI=1S/C22H25NO6S/c1-13(2)29-10-5-9-23-19(14-7-8-15(24)16(12-14)28-3)18(21(26)22(23)27)20(25)17-6-4-11-30-17/h4,6-8,11-13,19,24,26H,5,9-10H2,1-3H3/t19-/m1/s1. The number of hydrogen-bond acceptors (Lipinski definition) is 7. The van der Waals surface area contributed by atoms with Crippen LogP contribution in [-0.4, -0.2) is 53.2 Å². The number of thiophene rings is 1. The summed E-state index contributed by atoms with van der Waals surface area (Å²) in [5, 5.41) is 22.3. The van der Waals surface area contributed by atoms with Crippen LogP contribution in [0.5, 0.6) is 11.5 Å². The van der Waals surface area contributed by atoms with Crippen molar-refractivity contribution >= 4 is 23.0 Å². The van der Waals surface area contributed by atoms with Crippen molar-refractivity contribution in [2.75, 3.05) is 20.3 Å². The third kappa shape index (κ3) is 4.34. The highest BCUT2D eigenvalue weighted by Gasteiger charge is 2.43. The van der Waals surface area contributed by atoms with Crippen LogP contribution in [0.3, 0.4) is 0 Å². The van der Waals surface area contributed by atoms with Crippen molar-refractivity contribution in [1.82, 2.24) is 4.90 Å². The van der Waals surface area contributed by atoms with E-state index in [0.717, 1.165) is 0 Å². The van der Waals surface area contributed by atoms with Gasteiger partial charge in [-0.25, -0.2) is 0 Å². The molecule has 1 atom stereocenters. The van der Waals surface area contributed by atoms with Crippen LogP contribution in [0.25, 0.3) is 0 Å². The number of methoxy groups -OCH3 is 1. The summed E-state index contributed by atoms with van der Waals surface area (Å²) in [6, 6.07) is 7.25. The molecular weight excluding hydrogens is 406 g/mol. The van der Waals surface area contributed by atoms with E-state index in [1.165, 1.54) is 29.4 Å². The molecule has 3 rings (SSSR count). The molecule has 1 aliphatic rings. The number of aromatic hydroxyl groups is 1. The number of aliphatic hydroxyl groups excluding tert-OH is 1. The van der Waals surface area contributed by atoms with Crippen molar-refractivity contribution in [3.63, 3.8) is 0 Å². The number of aliphatic hydroxyl groups is 1. The molecule has 0 bridgehead atoms. The summed E-state index contributed by atoms with van der Waals surface area (Å²) in [7, 11) is 1.42. The predicted molar refractivity (Wildman–Crippen MR) is 113 cm³/mol. The van der Waals surface area contributed by atoms with E-state index >= 15 is 0 Å². The van der Waals surface area contributed by atoms with Crippen LogP contribution in [0.15, 0.2) is 47.0 Å². The molecule has 0 aliphatic carbocycles. The van der Waals surface area contributed by atoms with Crippen LogP contribution >= 0.6 is 11.3 Å². The van der Waals surface area contributed by atoms with Gasteiger partial charge in [0.1, 0.15) is 0 Å². The van der Waals surface area contributed by atoms with E-state index in [-0.39, 0.29) is 23.2 Å². The van der Waals surface area contributed by atoms with Gasteiger partial charge in [-0.05, 0) is 49.4 Å². The minimum absolute atomic E-state index is 0.0278. The Kier molecular flexibility index (Phi) is 6.79. The lowest BCUT2D eigenvalue weighted by molar-refractivity contribution is -0.129. The highest BCUT2D eigenvalue weighted by atomic mass is 32.1. The second-order valence-electron chi connectivity index (χ2n) is 7.17. The number of nitrogens with zero attached hydrogens (tertiary/aromatic N) is 1. The molecule has 1 aromatic heterocycles.